The maximum Gasteiger partial charge on any atom is 0.262 e. The van der Waals surface area contributed by atoms with Gasteiger partial charge in [0.25, 0.3) is 5.91 Å². The number of aryl methyl sites for hydroxylation is 1. The molecule has 0 aliphatic heterocycles. The van der Waals surface area contributed by atoms with E-state index in [1.165, 1.54) is 0 Å². The standard InChI is InChI=1S/C15H13F2NO2/c1-10-2-4-13(5-3-10)18-15(19)9-20-14-7-11(16)6-12(17)8-14/h2-8H,9H2,1H3,(H,18,19). The highest BCUT2D eigenvalue weighted by atomic mass is 19.1. The number of carbonyl (C=O) groups excluding carboxylic acids is 1. The zero-order valence-electron chi connectivity index (χ0n) is 10.8. The Labute approximate surface area is 115 Å². The molecule has 20 heavy (non-hydrogen) atoms. The van der Waals surface area contributed by atoms with Crippen LogP contribution in [0.3, 0.4) is 0 Å². The topological polar surface area (TPSA) is 38.3 Å². The van der Waals surface area contributed by atoms with E-state index in [4.69, 9.17) is 4.74 Å². The third-order valence-corrected chi connectivity index (χ3v) is 2.54. The van der Waals surface area contributed by atoms with E-state index in [2.05, 4.69) is 5.32 Å². The van der Waals surface area contributed by atoms with E-state index in [-0.39, 0.29) is 12.4 Å². The number of amides is 1. The van der Waals surface area contributed by atoms with Crippen LogP contribution >= 0.6 is 0 Å². The van der Waals surface area contributed by atoms with Crippen molar-refractivity contribution in [3.63, 3.8) is 0 Å². The number of hydrogen-bond acceptors (Lipinski definition) is 2. The Balaban J connectivity index is 1.90. The average molecular weight is 277 g/mol. The quantitative estimate of drug-likeness (QED) is 0.931. The van der Waals surface area contributed by atoms with Gasteiger partial charge in [-0.1, -0.05) is 17.7 Å². The van der Waals surface area contributed by atoms with Crippen LogP contribution in [0.2, 0.25) is 0 Å². The molecular formula is C15H13F2NO2. The van der Waals surface area contributed by atoms with Gasteiger partial charge in [0.1, 0.15) is 17.4 Å². The predicted octanol–water partition coefficient (Wildman–Crippen LogP) is 3.29. The van der Waals surface area contributed by atoms with Crippen LogP contribution in [-0.2, 0) is 4.79 Å². The Morgan fingerprint density at radius 3 is 2.30 bits per heavy atom. The van der Waals surface area contributed by atoms with Gasteiger partial charge in [0, 0.05) is 23.9 Å². The molecule has 1 amide bonds. The Kier molecular flexibility index (Phi) is 4.30. The van der Waals surface area contributed by atoms with Gasteiger partial charge in [-0.05, 0) is 19.1 Å². The molecule has 0 spiro atoms. The molecule has 104 valence electrons. The molecule has 2 rings (SSSR count). The third-order valence-electron chi connectivity index (χ3n) is 2.54. The molecule has 0 radical (unpaired) electrons. The number of anilines is 1. The first-order valence-electron chi connectivity index (χ1n) is 5.98. The summed E-state index contributed by atoms with van der Waals surface area (Å²) in [4.78, 5) is 11.6. The molecule has 0 heterocycles. The lowest BCUT2D eigenvalue weighted by Crippen LogP contribution is -2.20. The molecule has 0 aromatic heterocycles. The molecule has 0 aliphatic rings. The van der Waals surface area contributed by atoms with Crippen LogP contribution in [0.25, 0.3) is 0 Å². The van der Waals surface area contributed by atoms with E-state index in [9.17, 15) is 13.6 Å². The second-order valence-corrected chi connectivity index (χ2v) is 4.31. The van der Waals surface area contributed by atoms with Gasteiger partial charge in [0.2, 0.25) is 0 Å². The minimum Gasteiger partial charge on any atom is -0.484 e. The van der Waals surface area contributed by atoms with Crippen LogP contribution < -0.4 is 10.1 Å². The van der Waals surface area contributed by atoms with Crippen molar-refractivity contribution in [1.29, 1.82) is 0 Å². The first-order chi connectivity index (χ1) is 9.52. The first kappa shape index (κ1) is 14.0. The molecule has 0 aliphatic carbocycles. The number of benzene rings is 2. The highest BCUT2D eigenvalue weighted by Crippen LogP contribution is 2.15. The van der Waals surface area contributed by atoms with Gasteiger partial charge in [-0.15, -0.1) is 0 Å². The van der Waals surface area contributed by atoms with E-state index >= 15 is 0 Å². The van der Waals surface area contributed by atoms with Crippen molar-refractivity contribution in [2.45, 2.75) is 6.92 Å². The fraction of sp³-hybridized carbons (Fsp3) is 0.133. The van der Waals surface area contributed by atoms with Crippen molar-refractivity contribution in [3.8, 4) is 5.75 Å². The van der Waals surface area contributed by atoms with Crippen LogP contribution in [0, 0.1) is 18.6 Å². The number of hydrogen-bond donors (Lipinski definition) is 1. The Hall–Kier alpha value is -2.43. The van der Waals surface area contributed by atoms with E-state index in [0.29, 0.717) is 5.69 Å². The van der Waals surface area contributed by atoms with Gasteiger partial charge in [-0.25, -0.2) is 8.78 Å². The maximum atomic E-state index is 12.9. The van der Waals surface area contributed by atoms with E-state index in [1.807, 2.05) is 19.1 Å². The molecule has 0 bridgehead atoms. The SMILES string of the molecule is Cc1ccc(NC(=O)COc2cc(F)cc(F)c2)cc1. The van der Waals surface area contributed by atoms with Crippen molar-refractivity contribution in [2.75, 3.05) is 11.9 Å². The lowest BCUT2D eigenvalue weighted by Gasteiger charge is -2.08. The molecule has 0 atom stereocenters. The van der Waals surface area contributed by atoms with Crippen LogP contribution in [0.1, 0.15) is 5.56 Å². The van der Waals surface area contributed by atoms with Crippen molar-refractivity contribution in [1.82, 2.24) is 0 Å². The molecule has 2 aromatic carbocycles. The predicted molar refractivity (Wildman–Crippen MR) is 71.7 cm³/mol. The third kappa shape index (κ3) is 4.05. The van der Waals surface area contributed by atoms with Crippen molar-refractivity contribution >= 4 is 11.6 Å². The summed E-state index contributed by atoms with van der Waals surface area (Å²) >= 11 is 0. The second kappa shape index (κ2) is 6.14. The lowest BCUT2D eigenvalue weighted by atomic mass is 10.2. The Morgan fingerprint density at radius 1 is 1.10 bits per heavy atom. The van der Waals surface area contributed by atoms with Gasteiger partial charge < -0.3 is 10.1 Å². The zero-order chi connectivity index (χ0) is 14.5. The van der Waals surface area contributed by atoms with Crippen LogP contribution in [0.5, 0.6) is 5.75 Å². The smallest absolute Gasteiger partial charge is 0.262 e. The first-order valence-corrected chi connectivity index (χ1v) is 5.98. The van der Waals surface area contributed by atoms with Gasteiger partial charge in [0.05, 0.1) is 0 Å². The largest absolute Gasteiger partial charge is 0.484 e. The van der Waals surface area contributed by atoms with E-state index in [1.54, 1.807) is 12.1 Å². The molecule has 0 saturated heterocycles. The second-order valence-electron chi connectivity index (χ2n) is 4.31. The minimum atomic E-state index is -0.751. The highest BCUT2D eigenvalue weighted by molar-refractivity contribution is 5.91. The Bertz CT molecular complexity index is 592. The summed E-state index contributed by atoms with van der Waals surface area (Å²) in [5.41, 5.74) is 1.71. The summed E-state index contributed by atoms with van der Waals surface area (Å²) in [5, 5.41) is 2.62. The maximum absolute atomic E-state index is 12.9. The number of carbonyl (C=O) groups is 1. The molecule has 3 nitrogen and oxygen atoms in total. The molecule has 0 fully saturated rings. The fourth-order valence-electron chi connectivity index (χ4n) is 1.59. The van der Waals surface area contributed by atoms with Crippen molar-refractivity contribution in [3.05, 3.63) is 59.7 Å². The molecule has 2 aromatic rings. The average Bonchev–Trinajstić information content (AvgIpc) is 2.38. The van der Waals surface area contributed by atoms with Crippen molar-refractivity contribution < 1.29 is 18.3 Å². The summed E-state index contributed by atoms with van der Waals surface area (Å²) < 4.78 is 30.9. The van der Waals surface area contributed by atoms with E-state index < -0.39 is 17.5 Å². The molecule has 0 unspecified atom stereocenters. The monoisotopic (exact) mass is 277 g/mol. The summed E-state index contributed by atoms with van der Waals surface area (Å²) in [6.07, 6.45) is 0. The van der Waals surface area contributed by atoms with Crippen LogP contribution in [0.15, 0.2) is 42.5 Å². The van der Waals surface area contributed by atoms with E-state index in [0.717, 1.165) is 23.8 Å². The summed E-state index contributed by atoms with van der Waals surface area (Å²) in [7, 11) is 0. The zero-order valence-corrected chi connectivity index (χ0v) is 10.8. The summed E-state index contributed by atoms with van der Waals surface area (Å²) in [6.45, 7) is 1.62. The number of ether oxygens (including phenoxy) is 1. The van der Waals surface area contributed by atoms with Gasteiger partial charge in [0.15, 0.2) is 6.61 Å². The molecule has 5 heteroatoms. The normalized spacial score (nSPS) is 10.2. The van der Waals surface area contributed by atoms with Gasteiger partial charge in [-0.2, -0.15) is 0 Å². The number of nitrogens with one attached hydrogen (secondary N) is 1. The Morgan fingerprint density at radius 2 is 1.70 bits per heavy atom. The summed E-state index contributed by atoms with van der Waals surface area (Å²) in [6, 6.07) is 10.0. The number of halogens is 2. The lowest BCUT2D eigenvalue weighted by molar-refractivity contribution is -0.118. The van der Waals surface area contributed by atoms with Gasteiger partial charge >= 0.3 is 0 Å². The highest BCUT2D eigenvalue weighted by Gasteiger charge is 2.06. The van der Waals surface area contributed by atoms with Crippen molar-refractivity contribution in [2.24, 2.45) is 0 Å². The summed E-state index contributed by atoms with van der Waals surface area (Å²) in [5.74, 6) is -1.93. The molecule has 0 saturated carbocycles. The molecule has 1 N–H and O–H groups in total. The van der Waals surface area contributed by atoms with Crippen LogP contribution in [0.4, 0.5) is 14.5 Å². The van der Waals surface area contributed by atoms with Gasteiger partial charge in [-0.3, -0.25) is 4.79 Å². The molecular weight excluding hydrogens is 264 g/mol. The van der Waals surface area contributed by atoms with Crippen LogP contribution in [-0.4, -0.2) is 12.5 Å². The minimum absolute atomic E-state index is 0.0263. The fourth-order valence-corrected chi connectivity index (χ4v) is 1.59. The number of rotatable bonds is 4.